The number of carbonyl (C=O) groups is 1. The first-order valence-electron chi connectivity index (χ1n) is 8.65. The van der Waals surface area contributed by atoms with Gasteiger partial charge in [0, 0.05) is 0 Å². The third-order valence-electron chi connectivity index (χ3n) is 4.55. The van der Waals surface area contributed by atoms with E-state index in [0.29, 0.717) is 11.7 Å². The van der Waals surface area contributed by atoms with Gasteiger partial charge in [0.15, 0.2) is 5.13 Å². The highest BCUT2D eigenvalue weighted by Gasteiger charge is 2.21. The van der Waals surface area contributed by atoms with E-state index >= 15 is 0 Å². The molecule has 0 N–H and O–H groups in total. The zero-order valence-electron chi connectivity index (χ0n) is 15.2. The number of thiazole rings is 1. The summed E-state index contributed by atoms with van der Waals surface area (Å²) in [6, 6.07) is 14.1. The van der Waals surface area contributed by atoms with E-state index < -0.39 is 0 Å². The number of carbonyl (C=O) groups excluding carboxylic acids is 1. The molecule has 4 rings (SSSR count). The minimum Gasteiger partial charge on any atom is -0.282 e. The van der Waals surface area contributed by atoms with Crippen LogP contribution in [0.1, 0.15) is 16.7 Å². The Morgan fingerprint density at radius 2 is 1.96 bits per heavy atom. The van der Waals surface area contributed by atoms with Crippen molar-refractivity contribution < 1.29 is 4.79 Å². The molecule has 1 amide bonds. The van der Waals surface area contributed by atoms with Crippen molar-refractivity contribution in [2.75, 3.05) is 4.90 Å². The van der Waals surface area contributed by atoms with Gasteiger partial charge >= 0.3 is 0 Å². The van der Waals surface area contributed by atoms with Crippen LogP contribution in [0.25, 0.3) is 10.2 Å². The molecule has 0 unspecified atom stereocenters. The van der Waals surface area contributed by atoms with Crippen LogP contribution in [-0.4, -0.2) is 25.7 Å². The van der Waals surface area contributed by atoms with E-state index in [-0.39, 0.29) is 12.5 Å². The average Bonchev–Trinajstić information content (AvgIpc) is 3.33. The van der Waals surface area contributed by atoms with Gasteiger partial charge in [0.1, 0.15) is 19.2 Å². The van der Waals surface area contributed by atoms with E-state index in [1.807, 2.05) is 30.3 Å². The van der Waals surface area contributed by atoms with Crippen LogP contribution < -0.4 is 4.90 Å². The molecule has 2 aromatic carbocycles. The van der Waals surface area contributed by atoms with Gasteiger partial charge in [-0.2, -0.15) is 5.10 Å². The van der Waals surface area contributed by atoms with Crippen LogP contribution in [0, 0.1) is 13.8 Å². The Morgan fingerprint density at radius 1 is 1.15 bits per heavy atom. The molecule has 2 heterocycles. The number of aryl methyl sites for hydroxylation is 2. The van der Waals surface area contributed by atoms with E-state index in [9.17, 15) is 4.79 Å². The molecular formula is C20H19N5OS. The lowest BCUT2D eigenvalue weighted by atomic mass is 10.1. The smallest absolute Gasteiger partial charge is 0.250 e. The van der Waals surface area contributed by atoms with Crippen LogP contribution in [0.15, 0.2) is 55.1 Å². The number of nitrogens with zero attached hydrogens (tertiary/aromatic N) is 5. The molecule has 0 saturated carbocycles. The van der Waals surface area contributed by atoms with Crippen LogP contribution in [0.5, 0.6) is 0 Å². The van der Waals surface area contributed by atoms with Crippen LogP contribution >= 0.6 is 11.3 Å². The molecule has 0 bridgehead atoms. The molecule has 136 valence electrons. The lowest BCUT2D eigenvalue weighted by molar-refractivity contribution is -0.119. The lowest BCUT2D eigenvalue weighted by Gasteiger charge is -2.20. The minimum absolute atomic E-state index is 0.0715. The van der Waals surface area contributed by atoms with E-state index in [0.717, 1.165) is 21.3 Å². The predicted molar refractivity (Wildman–Crippen MR) is 107 cm³/mol. The van der Waals surface area contributed by atoms with Crippen LogP contribution in [0.3, 0.4) is 0 Å². The topological polar surface area (TPSA) is 63.9 Å². The largest absolute Gasteiger partial charge is 0.282 e. The predicted octanol–water partition coefficient (Wildman–Crippen LogP) is 3.74. The van der Waals surface area contributed by atoms with Gasteiger partial charge in [-0.1, -0.05) is 47.7 Å². The zero-order valence-corrected chi connectivity index (χ0v) is 16.0. The first-order valence-corrected chi connectivity index (χ1v) is 9.47. The molecular weight excluding hydrogens is 358 g/mol. The third-order valence-corrected chi connectivity index (χ3v) is 5.60. The average molecular weight is 377 g/mol. The summed E-state index contributed by atoms with van der Waals surface area (Å²) >= 11 is 1.54. The van der Waals surface area contributed by atoms with Crippen LogP contribution in [0.4, 0.5) is 5.13 Å². The summed E-state index contributed by atoms with van der Waals surface area (Å²) < 4.78 is 2.61. The monoisotopic (exact) mass is 377 g/mol. The molecule has 0 radical (unpaired) electrons. The van der Waals surface area contributed by atoms with E-state index in [4.69, 9.17) is 4.98 Å². The van der Waals surface area contributed by atoms with Gasteiger partial charge in [-0.25, -0.2) is 14.6 Å². The fraction of sp³-hybridized carbons (Fsp3) is 0.200. The van der Waals surface area contributed by atoms with Crippen molar-refractivity contribution in [3.63, 3.8) is 0 Å². The SMILES string of the molecule is Cc1ccc2sc(N(Cc3ccccc3)C(=O)Cn3cncn3)nc2c1C. The van der Waals surface area contributed by atoms with Gasteiger partial charge < -0.3 is 0 Å². The molecule has 0 atom stereocenters. The standard InChI is InChI=1S/C20H19N5OS/c1-14-8-9-17-19(15(14)2)23-20(27-17)25(10-16-6-4-3-5-7-16)18(26)11-24-13-21-12-22-24/h3-9,12-13H,10-11H2,1-2H3. The maximum atomic E-state index is 13.0. The number of benzene rings is 2. The normalized spacial score (nSPS) is 11.0. The molecule has 6 nitrogen and oxygen atoms in total. The molecule has 2 aromatic heterocycles. The molecule has 0 aliphatic carbocycles. The second kappa shape index (κ2) is 7.28. The highest BCUT2D eigenvalue weighted by molar-refractivity contribution is 7.22. The van der Waals surface area contributed by atoms with Crippen molar-refractivity contribution in [2.24, 2.45) is 0 Å². The highest BCUT2D eigenvalue weighted by atomic mass is 32.1. The molecule has 0 fully saturated rings. The first-order chi connectivity index (χ1) is 13.1. The van der Waals surface area contributed by atoms with Gasteiger partial charge in [0.2, 0.25) is 0 Å². The molecule has 0 saturated heterocycles. The van der Waals surface area contributed by atoms with Gasteiger partial charge in [-0.15, -0.1) is 0 Å². The van der Waals surface area contributed by atoms with Crippen molar-refractivity contribution >= 4 is 32.6 Å². The number of rotatable bonds is 5. The number of hydrogen-bond acceptors (Lipinski definition) is 5. The Morgan fingerprint density at radius 3 is 2.70 bits per heavy atom. The summed E-state index contributed by atoms with van der Waals surface area (Å²) in [5.74, 6) is -0.0715. The number of fused-ring (bicyclic) bond motifs is 1. The zero-order chi connectivity index (χ0) is 18.8. The first kappa shape index (κ1) is 17.4. The van der Waals surface area contributed by atoms with Gasteiger partial charge in [0.25, 0.3) is 5.91 Å². The molecule has 7 heteroatoms. The second-order valence-corrected chi connectivity index (χ2v) is 7.42. The van der Waals surface area contributed by atoms with Crippen molar-refractivity contribution in [1.82, 2.24) is 19.7 Å². The van der Waals surface area contributed by atoms with Crippen molar-refractivity contribution in [3.8, 4) is 0 Å². The highest BCUT2D eigenvalue weighted by Crippen LogP contribution is 2.32. The Kier molecular flexibility index (Phi) is 4.68. The molecule has 0 aliphatic heterocycles. The van der Waals surface area contributed by atoms with Crippen LogP contribution in [-0.2, 0) is 17.9 Å². The molecule has 0 aliphatic rings. The number of hydrogen-bond donors (Lipinski definition) is 0. The summed E-state index contributed by atoms with van der Waals surface area (Å²) in [5, 5.41) is 4.75. The third kappa shape index (κ3) is 3.59. The van der Waals surface area contributed by atoms with Gasteiger partial charge in [-0.3, -0.25) is 9.69 Å². The molecule has 27 heavy (non-hydrogen) atoms. The fourth-order valence-electron chi connectivity index (χ4n) is 2.90. The van der Waals surface area contributed by atoms with Crippen molar-refractivity contribution in [2.45, 2.75) is 26.9 Å². The lowest BCUT2D eigenvalue weighted by Crippen LogP contribution is -2.33. The quantitative estimate of drug-likeness (QED) is 0.531. The van der Waals surface area contributed by atoms with E-state index in [1.54, 1.807) is 11.2 Å². The Bertz CT molecular complexity index is 1070. The second-order valence-electron chi connectivity index (χ2n) is 6.41. The number of amides is 1. The van der Waals surface area contributed by atoms with Crippen LogP contribution in [0.2, 0.25) is 0 Å². The van der Waals surface area contributed by atoms with Crippen molar-refractivity contribution in [1.29, 1.82) is 0 Å². The molecule has 4 aromatic rings. The molecule has 0 spiro atoms. The number of aromatic nitrogens is 4. The van der Waals surface area contributed by atoms with Gasteiger partial charge in [0.05, 0.1) is 16.8 Å². The van der Waals surface area contributed by atoms with E-state index in [2.05, 4.69) is 36.1 Å². The summed E-state index contributed by atoms with van der Waals surface area (Å²) in [6.07, 6.45) is 2.98. The Hall–Kier alpha value is -3.06. The Balaban J connectivity index is 1.72. The maximum absolute atomic E-state index is 13.0. The Labute approximate surface area is 161 Å². The minimum atomic E-state index is -0.0715. The van der Waals surface area contributed by atoms with Crippen molar-refractivity contribution in [3.05, 3.63) is 71.8 Å². The van der Waals surface area contributed by atoms with E-state index in [1.165, 1.54) is 27.9 Å². The fourth-order valence-corrected chi connectivity index (χ4v) is 3.94. The maximum Gasteiger partial charge on any atom is 0.250 e. The van der Waals surface area contributed by atoms with Gasteiger partial charge in [-0.05, 0) is 36.6 Å². The summed E-state index contributed by atoms with van der Waals surface area (Å²) in [4.78, 5) is 23.5. The summed E-state index contributed by atoms with van der Waals surface area (Å²) in [5.41, 5.74) is 4.36. The number of anilines is 1. The summed E-state index contributed by atoms with van der Waals surface area (Å²) in [7, 11) is 0. The summed E-state index contributed by atoms with van der Waals surface area (Å²) in [6.45, 7) is 4.73.